The molecule has 5 heterocycles. The van der Waals surface area contributed by atoms with Gasteiger partial charge < -0.3 is 9.64 Å². The largest absolute Gasteiger partial charge is 0.381 e. The van der Waals surface area contributed by atoms with Crippen LogP contribution in [0.4, 0.5) is 14.5 Å². The van der Waals surface area contributed by atoms with Crippen molar-refractivity contribution in [2.24, 2.45) is 11.8 Å². The van der Waals surface area contributed by atoms with Gasteiger partial charge in [0.15, 0.2) is 15.7 Å². The summed E-state index contributed by atoms with van der Waals surface area (Å²) in [5.74, 6) is 0.892. The van der Waals surface area contributed by atoms with E-state index >= 15 is 0 Å². The van der Waals surface area contributed by atoms with Crippen molar-refractivity contribution >= 4 is 32.7 Å². The summed E-state index contributed by atoms with van der Waals surface area (Å²) < 4.78 is 62.9. The molecule has 0 aromatic carbocycles. The van der Waals surface area contributed by atoms with E-state index in [0.29, 0.717) is 35.5 Å². The summed E-state index contributed by atoms with van der Waals surface area (Å²) >= 11 is 0.773. The van der Waals surface area contributed by atoms with Gasteiger partial charge in [-0.1, -0.05) is 11.3 Å². The maximum Gasteiger partial charge on any atom is 0.291 e. The molecule has 0 bridgehead atoms. The molecule has 3 fully saturated rings. The Morgan fingerprint density at radius 2 is 2.06 bits per heavy atom. The number of fused-ring (bicyclic) bond motifs is 2. The highest BCUT2D eigenvalue weighted by atomic mass is 32.2. The molecular formula is C21H24F2N6O3S2. The molecule has 2 atom stereocenters. The number of imidazole rings is 1. The SMILES string of the molecule is CC1(NS(=O)(=O)c2cc(N3CC[C@H]4COC[C@H]4C3)c3ncc(-c4nnc(C(F)F)s4)n3c2)CC1. The second kappa shape index (κ2) is 7.90. The summed E-state index contributed by atoms with van der Waals surface area (Å²) in [6, 6.07) is 1.67. The van der Waals surface area contributed by atoms with E-state index in [1.165, 1.54) is 12.4 Å². The van der Waals surface area contributed by atoms with Gasteiger partial charge in [-0.25, -0.2) is 26.9 Å². The van der Waals surface area contributed by atoms with Crippen LogP contribution >= 0.6 is 11.3 Å². The number of pyridine rings is 1. The molecule has 182 valence electrons. The molecule has 13 heteroatoms. The zero-order chi connectivity index (χ0) is 23.7. The Morgan fingerprint density at radius 3 is 2.79 bits per heavy atom. The number of hydrogen-bond acceptors (Lipinski definition) is 8. The second-order valence-corrected chi connectivity index (χ2v) is 12.3. The highest BCUT2D eigenvalue weighted by Gasteiger charge is 2.42. The van der Waals surface area contributed by atoms with Crippen molar-refractivity contribution < 1.29 is 21.9 Å². The number of ether oxygens (including phenoxy) is 1. The zero-order valence-corrected chi connectivity index (χ0v) is 20.1. The highest BCUT2D eigenvalue weighted by molar-refractivity contribution is 7.89. The maximum absolute atomic E-state index is 13.3. The lowest BCUT2D eigenvalue weighted by atomic mass is 9.88. The smallest absolute Gasteiger partial charge is 0.291 e. The van der Waals surface area contributed by atoms with Gasteiger partial charge in [0.1, 0.15) is 10.6 Å². The van der Waals surface area contributed by atoms with Crippen molar-refractivity contribution in [2.45, 2.75) is 43.0 Å². The molecule has 2 aliphatic heterocycles. The molecule has 0 unspecified atom stereocenters. The quantitative estimate of drug-likeness (QED) is 0.544. The number of nitrogens with one attached hydrogen (secondary N) is 1. The molecule has 1 N–H and O–H groups in total. The van der Waals surface area contributed by atoms with E-state index in [4.69, 9.17) is 4.74 Å². The molecule has 1 saturated carbocycles. The highest BCUT2D eigenvalue weighted by Crippen LogP contribution is 2.39. The second-order valence-electron chi connectivity index (χ2n) is 9.60. The van der Waals surface area contributed by atoms with E-state index < -0.39 is 22.0 Å². The van der Waals surface area contributed by atoms with Gasteiger partial charge >= 0.3 is 0 Å². The lowest BCUT2D eigenvalue weighted by Crippen LogP contribution is -2.40. The number of piperidine rings is 1. The third-order valence-electron chi connectivity index (χ3n) is 6.99. The van der Waals surface area contributed by atoms with Crippen LogP contribution in [0.25, 0.3) is 16.3 Å². The fourth-order valence-corrected chi connectivity index (χ4v) is 6.95. The molecule has 9 nitrogen and oxygen atoms in total. The molecule has 6 rings (SSSR count). The van der Waals surface area contributed by atoms with Crippen LogP contribution in [0.5, 0.6) is 0 Å². The minimum absolute atomic E-state index is 0.103. The number of alkyl halides is 2. The summed E-state index contributed by atoms with van der Waals surface area (Å²) in [5.41, 5.74) is 1.24. The van der Waals surface area contributed by atoms with Gasteiger partial charge in [-0.15, -0.1) is 10.2 Å². The molecular weight excluding hydrogens is 486 g/mol. The average molecular weight is 511 g/mol. The van der Waals surface area contributed by atoms with Crippen LogP contribution in [-0.2, 0) is 14.8 Å². The third-order valence-corrected chi connectivity index (χ3v) is 9.55. The topological polar surface area (TPSA) is 102 Å². The van der Waals surface area contributed by atoms with Gasteiger partial charge in [-0.3, -0.25) is 4.40 Å². The summed E-state index contributed by atoms with van der Waals surface area (Å²) in [6.07, 6.45) is 2.82. The van der Waals surface area contributed by atoms with Crippen LogP contribution < -0.4 is 9.62 Å². The third kappa shape index (κ3) is 3.88. The Balaban J connectivity index is 1.47. The van der Waals surface area contributed by atoms with Crippen LogP contribution in [0.3, 0.4) is 0 Å². The zero-order valence-electron chi connectivity index (χ0n) is 18.4. The summed E-state index contributed by atoms with van der Waals surface area (Å²) in [6.45, 7) is 4.83. The molecule has 3 aromatic rings. The molecule has 1 aliphatic carbocycles. The lowest BCUT2D eigenvalue weighted by molar-refractivity contribution is 0.150. The normalized spacial score (nSPS) is 24.2. The van der Waals surface area contributed by atoms with Crippen molar-refractivity contribution in [1.82, 2.24) is 24.3 Å². The van der Waals surface area contributed by atoms with E-state index in [0.717, 1.165) is 50.3 Å². The van der Waals surface area contributed by atoms with Crippen LogP contribution in [0.2, 0.25) is 0 Å². The van der Waals surface area contributed by atoms with Crippen LogP contribution in [0.15, 0.2) is 23.4 Å². The van der Waals surface area contributed by atoms with E-state index in [9.17, 15) is 17.2 Å². The van der Waals surface area contributed by atoms with Crippen molar-refractivity contribution in [1.29, 1.82) is 0 Å². The minimum atomic E-state index is -3.81. The predicted molar refractivity (Wildman–Crippen MR) is 122 cm³/mol. The van der Waals surface area contributed by atoms with Gasteiger partial charge in [-0.2, -0.15) is 0 Å². The van der Waals surface area contributed by atoms with Gasteiger partial charge in [0.25, 0.3) is 6.43 Å². The minimum Gasteiger partial charge on any atom is -0.381 e. The monoisotopic (exact) mass is 510 g/mol. The van der Waals surface area contributed by atoms with E-state index in [1.807, 2.05) is 6.92 Å². The number of anilines is 1. The Labute approximate surface area is 199 Å². The van der Waals surface area contributed by atoms with Crippen molar-refractivity contribution in [2.75, 3.05) is 31.2 Å². The van der Waals surface area contributed by atoms with Crippen molar-refractivity contribution in [3.63, 3.8) is 0 Å². The Morgan fingerprint density at radius 1 is 1.26 bits per heavy atom. The molecule has 0 amide bonds. The van der Waals surface area contributed by atoms with E-state index in [2.05, 4.69) is 24.8 Å². The summed E-state index contributed by atoms with van der Waals surface area (Å²) in [7, 11) is -3.81. The fourth-order valence-electron chi connectivity index (χ4n) is 4.76. The molecule has 2 saturated heterocycles. The first kappa shape index (κ1) is 22.3. The number of aromatic nitrogens is 4. The molecule has 0 radical (unpaired) electrons. The van der Waals surface area contributed by atoms with Crippen LogP contribution in [-0.4, -0.2) is 59.8 Å². The molecule has 0 spiro atoms. The first-order chi connectivity index (χ1) is 16.2. The molecule has 3 aromatic heterocycles. The summed E-state index contributed by atoms with van der Waals surface area (Å²) in [4.78, 5) is 6.81. The number of sulfonamides is 1. The molecule has 34 heavy (non-hydrogen) atoms. The molecule has 3 aliphatic rings. The van der Waals surface area contributed by atoms with Crippen molar-refractivity contribution in [3.8, 4) is 10.7 Å². The number of hydrogen-bond donors (Lipinski definition) is 1. The van der Waals surface area contributed by atoms with Crippen LogP contribution in [0.1, 0.15) is 37.6 Å². The van der Waals surface area contributed by atoms with Crippen molar-refractivity contribution in [3.05, 3.63) is 23.5 Å². The standard InChI is InChI=1S/C21H24F2N6O3S2/c1-21(3-4-21)27-34(30,31)14-6-15(28-5-2-12-10-32-11-13(12)8-28)18-24-7-16(29(18)9-14)19-25-26-20(33-19)17(22)23/h6-7,9,12-13,17,27H,2-5,8,10-11H2,1H3/t12-,13+/m0/s1. The van der Waals surface area contributed by atoms with Gasteiger partial charge in [-0.05, 0) is 38.2 Å². The number of rotatable bonds is 6. The van der Waals surface area contributed by atoms with E-state index in [-0.39, 0.29) is 14.9 Å². The summed E-state index contributed by atoms with van der Waals surface area (Å²) in [5, 5.41) is 7.36. The van der Waals surface area contributed by atoms with E-state index in [1.54, 1.807) is 10.5 Å². The Hall–Kier alpha value is -2.22. The maximum atomic E-state index is 13.3. The van der Waals surface area contributed by atoms with Gasteiger partial charge in [0.05, 0.1) is 18.5 Å². The van der Waals surface area contributed by atoms with Crippen LogP contribution in [0, 0.1) is 11.8 Å². The fraction of sp³-hybridized carbons (Fsp3) is 0.571. The first-order valence-electron chi connectivity index (χ1n) is 11.2. The number of halogens is 2. The van der Waals surface area contributed by atoms with Gasteiger partial charge in [0, 0.05) is 37.4 Å². The average Bonchev–Trinajstić information content (AvgIpc) is 3.25. The Kier molecular flexibility index (Phi) is 5.17. The first-order valence-corrected chi connectivity index (χ1v) is 13.5. The predicted octanol–water partition coefficient (Wildman–Crippen LogP) is 3.09. The lowest BCUT2D eigenvalue weighted by Gasteiger charge is -2.35. The van der Waals surface area contributed by atoms with Gasteiger partial charge in [0.2, 0.25) is 10.0 Å². The number of nitrogens with zero attached hydrogens (tertiary/aromatic N) is 5. The Bertz CT molecular complexity index is 1350.